The van der Waals surface area contributed by atoms with Gasteiger partial charge in [0.15, 0.2) is 6.29 Å². The van der Waals surface area contributed by atoms with Gasteiger partial charge in [0.1, 0.15) is 6.07 Å². The van der Waals surface area contributed by atoms with Crippen LogP contribution >= 0.6 is 0 Å². The summed E-state index contributed by atoms with van der Waals surface area (Å²) in [6.07, 6.45) is 3.48. The Kier molecular flexibility index (Phi) is 1.76. The van der Waals surface area contributed by atoms with Crippen molar-refractivity contribution >= 4 is 6.29 Å². The lowest BCUT2D eigenvalue weighted by Crippen LogP contribution is -1.86. The lowest BCUT2D eigenvalue weighted by Gasteiger charge is -1.89. The van der Waals surface area contributed by atoms with Gasteiger partial charge in [-0.2, -0.15) is 5.26 Å². The van der Waals surface area contributed by atoms with E-state index in [2.05, 4.69) is 4.98 Å². The molecule has 0 N–H and O–H groups in total. The molecule has 0 spiro atoms. The first-order valence-electron chi connectivity index (χ1n) is 2.68. The highest BCUT2D eigenvalue weighted by Gasteiger charge is 1.96. The summed E-state index contributed by atoms with van der Waals surface area (Å²) in [5, 5.41) is 8.40. The fourth-order valence-electron chi connectivity index (χ4n) is 0.601. The Bertz CT molecular complexity index is 288. The second-order valence-electron chi connectivity index (χ2n) is 1.69. The summed E-state index contributed by atoms with van der Waals surface area (Å²) in [6, 6.07) is 3.36. The van der Waals surface area contributed by atoms with Crippen molar-refractivity contribution in [3.8, 4) is 6.07 Å². The molecule has 3 heteroatoms. The SMILES string of the molecule is N#Cc1cnccc1C=O. The third kappa shape index (κ3) is 1.00. The van der Waals surface area contributed by atoms with E-state index in [1.165, 1.54) is 18.5 Å². The van der Waals surface area contributed by atoms with Crippen molar-refractivity contribution in [1.82, 2.24) is 4.98 Å². The van der Waals surface area contributed by atoms with Crippen molar-refractivity contribution < 1.29 is 4.79 Å². The van der Waals surface area contributed by atoms with Crippen molar-refractivity contribution in [3.05, 3.63) is 29.6 Å². The normalized spacial score (nSPS) is 8.30. The van der Waals surface area contributed by atoms with Gasteiger partial charge in [0.2, 0.25) is 0 Å². The van der Waals surface area contributed by atoms with Crippen LogP contribution in [0, 0.1) is 11.3 Å². The third-order valence-electron chi connectivity index (χ3n) is 1.10. The van der Waals surface area contributed by atoms with Gasteiger partial charge in [0.25, 0.3) is 0 Å². The van der Waals surface area contributed by atoms with Gasteiger partial charge in [-0.25, -0.2) is 0 Å². The molecule has 10 heavy (non-hydrogen) atoms. The lowest BCUT2D eigenvalue weighted by molar-refractivity contribution is 0.112. The summed E-state index contributed by atoms with van der Waals surface area (Å²) >= 11 is 0. The molecule has 48 valence electrons. The van der Waals surface area contributed by atoms with Crippen molar-refractivity contribution in [1.29, 1.82) is 5.26 Å². The first-order chi connectivity index (χ1) is 4.88. The van der Waals surface area contributed by atoms with Crippen molar-refractivity contribution in [2.45, 2.75) is 0 Å². The van der Waals surface area contributed by atoms with Gasteiger partial charge >= 0.3 is 0 Å². The van der Waals surface area contributed by atoms with E-state index in [0.717, 1.165) is 0 Å². The van der Waals surface area contributed by atoms with Gasteiger partial charge in [-0.3, -0.25) is 9.78 Å². The molecule has 0 saturated heterocycles. The second-order valence-corrected chi connectivity index (χ2v) is 1.69. The number of rotatable bonds is 1. The predicted molar refractivity (Wildman–Crippen MR) is 34.3 cm³/mol. The Morgan fingerprint density at radius 2 is 2.50 bits per heavy atom. The molecular formula is C7H4N2O. The Labute approximate surface area is 57.9 Å². The fourth-order valence-corrected chi connectivity index (χ4v) is 0.601. The molecule has 3 nitrogen and oxygen atoms in total. The van der Waals surface area contributed by atoms with Crippen molar-refractivity contribution in [2.75, 3.05) is 0 Å². The van der Waals surface area contributed by atoms with Crippen LogP contribution in [0.25, 0.3) is 0 Å². The second kappa shape index (κ2) is 2.74. The minimum atomic E-state index is 0.317. The number of hydrogen-bond acceptors (Lipinski definition) is 3. The number of nitriles is 1. The van der Waals surface area contributed by atoms with Gasteiger partial charge in [0, 0.05) is 18.0 Å². The van der Waals surface area contributed by atoms with Crippen LogP contribution in [-0.2, 0) is 0 Å². The molecular weight excluding hydrogens is 128 g/mol. The highest BCUT2D eigenvalue weighted by Crippen LogP contribution is 2.00. The number of aromatic nitrogens is 1. The van der Waals surface area contributed by atoms with Crippen LogP contribution in [0.15, 0.2) is 18.5 Å². The summed E-state index contributed by atoms with van der Waals surface area (Å²) in [5.41, 5.74) is 0.704. The number of pyridine rings is 1. The number of hydrogen-bond donors (Lipinski definition) is 0. The minimum Gasteiger partial charge on any atom is -0.298 e. The quantitative estimate of drug-likeness (QED) is 0.530. The first-order valence-corrected chi connectivity index (χ1v) is 2.68. The van der Waals surface area contributed by atoms with Gasteiger partial charge in [0.05, 0.1) is 5.56 Å². The molecule has 0 atom stereocenters. The molecule has 0 radical (unpaired) electrons. The molecule has 0 saturated carbocycles. The number of carbonyl (C=O) groups excluding carboxylic acids is 1. The molecule has 0 aromatic carbocycles. The van der Waals surface area contributed by atoms with E-state index < -0.39 is 0 Å². The number of carbonyl (C=O) groups is 1. The Morgan fingerprint density at radius 1 is 1.70 bits per heavy atom. The molecule has 0 unspecified atom stereocenters. The molecule has 0 fully saturated rings. The molecule has 0 bridgehead atoms. The summed E-state index contributed by atoms with van der Waals surface area (Å²) < 4.78 is 0. The maximum atomic E-state index is 10.2. The van der Waals surface area contributed by atoms with E-state index in [0.29, 0.717) is 17.4 Å². The zero-order valence-electron chi connectivity index (χ0n) is 5.11. The van der Waals surface area contributed by atoms with Crippen molar-refractivity contribution in [3.63, 3.8) is 0 Å². The number of aldehydes is 1. The molecule has 0 aliphatic carbocycles. The summed E-state index contributed by atoms with van der Waals surface area (Å²) in [4.78, 5) is 13.9. The Morgan fingerprint density at radius 3 is 3.00 bits per heavy atom. The van der Waals surface area contributed by atoms with Crippen LogP contribution in [0.4, 0.5) is 0 Å². The van der Waals surface area contributed by atoms with E-state index in [9.17, 15) is 4.79 Å². The van der Waals surface area contributed by atoms with Gasteiger partial charge in [-0.05, 0) is 6.07 Å². The van der Waals surface area contributed by atoms with Crippen LogP contribution in [-0.4, -0.2) is 11.3 Å². The largest absolute Gasteiger partial charge is 0.298 e. The Balaban J connectivity index is 3.24. The number of nitrogens with zero attached hydrogens (tertiary/aromatic N) is 2. The molecule has 1 heterocycles. The maximum absolute atomic E-state index is 10.2. The van der Waals surface area contributed by atoms with Crippen LogP contribution in [0.1, 0.15) is 15.9 Å². The Hall–Kier alpha value is -1.69. The molecule has 0 amide bonds. The smallest absolute Gasteiger partial charge is 0.151 e. The van der Waals surface area contributed by atoms with E-state index >= 15 is 0 Å². The molecule has 1 aromatic rings. The summed E-state index contributed by atoms with van der Waals surface area (Å²) in [5.74, 6) is 0. The monoisotopic (exact) mass is 132 g/mol. The van der Waals surface area contributed by atoms with Gasteiger partial charge in [-0.1, -0.05) is 0 Å². The molecule has 0 aliphatic rings. The average Bonchev–Trinajstić information content (AvgIpc) is 2.04. The van der Waals surface area contributed by atoms with E-state index in [1.807, 2.05) is 6.07 Å². The van der Waals surface area contributed by atoms with E-state index in [-0.39, 0.29) is 0 Å². The lowest BCUT2D eigenvalue weighted by atomic mass is 10.2. The minimum absolute atomic E-state index is 0.317. The zero-order valence-corrected chi connectivity index (χ0v) is 5.11. The molecule has 1 aromatic heterocycles. The van der Waals surface area contributed by atoms with E-state index in [1.54, 1.807) is 0 Å². The van der Waals surface area contributed by atoms with E-state index in [4.69, 9.17) is 5.26 Å². The first kappa shape index (κ1) is 6.43. The zero-order chi connectivity index (χ0) is 7.40. The van der Waals surface area contributed by atoms with Crippen LogP contribution < -0.4 is 0 Å². The summed E-state index contributed by atoms with van der Waals surface area (Å²) in [7, 11) is 0. The van der Waals surface area contributed by atoms with Crippen molar-refractivity contribution in [2.24, 2.45) is 0 Å². The maximum Gasteiger partial charge on any atom is 0.151 e. The highest BCUT2D eigenvalue weighted by molar-refractivity contribution is 5.78. The standard InChI is InChI=1S/C7H4N2O/c8-3-7-4-9-2-1-6(7)5-10/h1-2,4-5H. The van der Waals surface area contributed by atoms with Crippen LogP contribution in [0.5, 0.6) is 0 Å². The summed E-state index contributed by atoms with van der Waals surface area (Å²) in [6.45, 7) is 0. The van der Waals surface area contributed by atoms with Crippen LogP contribution in [0.2, 0.25) is 0 Å². The average molecular weight is 132 g/mol. The fraction of sp³-hybridized carbons (Fsp3) is 0. The molecule has 1 rings (SSSR count). The highest BCUT2D eigenvalue weighted by atomic mass is 16.1. The van der Waals surface area contributed by atoms with Gasteiger partial charge in [-0.15, -0.1) is 0 Å². The predicted octanol–water partition coefficient (Wildman–Crippen LogP) is 0.766. The third-order valence-corrected chi connectivity index (χ3v) is 1.10. The van der Waals surface area contributed by atoms with Crippen LogP contribution in [0.3, 0.4) is 0 Å². The topological polar surface area (TPSA) is 53.8 Å². The van der Waals surface area contributed by atoms with Gasteiger partial charge < -0.3 is 0 Å². The molecule has 0 aliphatic heterocycles.